The molecule has 0 saturated heterocycles. The monoisotopic (exact) mass is 279 g/mol. The fourth-order valence-corrected chi connectivity index (χ4v) is 3.15. The Balaban J connectivity index is 2.23. The first-order valence-electron chi connectivity index (χ1n) is 6.88. The third-order valence-corrected chi connectivity index (χ3v) is 5.06. The Kier molecular flexibility index (Phi) is 3.66. The van der Waals surface area contributed by atoms with Crippen molar-refractivity contribution in [3.05, 3.63) is 16.4 Å². The van der Waals surface area contributed by atoms with E-state index in [1.807, 2.05) is 18.7 Å². The van der Waals surface area contributed by atoms with Gasteiger partial charge in [0, 0.05) is 13.5 Å². The van der Waals surface area contributed by atoms with E-state index in [-0.39, 0.29) is 5.41 Å². The lowest BCUT2D eigenvalue weighted by molar-refractivity contribution is 0.144. The second kappa shape index (κ2) is 4.83. The van der Waals surface area contributed by atoms with Crippen LogP contribution in [-0.4, -0.2) is 9.78 Å². The van der Waals surface area contributed by atoms with Crippen LogP contribution < -0.4 is 0 Å². The Labute approximate surface area is 120 Å². The molecule has 0 aromatic carbocycles. The number of halogens is 1. The lowest BCUT2D eigenvalue weighted by atomic mass is 9.64. The molecule has 104 valence electrons. The molecular formula is C15H22ClN3. The number of hydrogen-bond acceptors (Lipinski definition) is 2. The molecule has 1 saturated carbocycles. The predicted octanol–water partition coefficient (Wildman–Crippen LogP) is 4.03. The highest BCUT2D eigenvalue weighted by atomic mass is 35.5. The van der Waals surface area contributed by atoms with Crippen molar-refractivity contribution >= 4 is 11.6 Å². The maximum atomic E-state index is 9.64. The Morgan fingerprint density at radius 1 is 1.32 bits per heavy atom. The molecule has 0 spiro atoms. The summed E-state index contributed by atoms with van der Waals surface area (Å²) in [6.07, 6.45) is 4.84. The highest BCUT2D eigenvalue weighted by Crippen LogP contribution is 2.47. The van der Waals surface area contributed by atoms with E-state index >= 15 is 0 Å². The van der Waals surface area contributed by atoms with Crippen molar-refractivity contribution in [3.8, 4) is 6.07 Å². The van der Waals surface area contributed by atoms with Crippen LogP contribution in [0.3, 0.4) is 0 Å². The van der Waals surface area contributed by atoms with Gasteiger partial charge in [-0.2, -0.15) is 10.4 Å². The summed E-state index contributed by atoms with van der Waals surface area (Å²) in [5.74, 6) is 0. The molecule has 0 radical (unpaired) electrons. The van der Waals surface area contributed by atoms with E-state index in [1.54, 1.807) is 0 Å². The van der Waals surface area contributed by atoms with Gasteiger partial charge in [0.15, 0.2) is 0 Å². The van der Waals surface area contributed by atoms with E-state index in [0.717, 1.165) is 48.5 Å². The summed E-state index contributed by atoms with van der Waals surface area (Å²) in [5.41, 5.74) is 1.95. The molecule has 1 aliphatic rings. The molecular weight excluding hydrogens is 258 g/mol. The van der Waals surface area contributed by atoms with Gasteiger partial charge in [-0.25, -0.2) is 0 Å². The van der Waals surface area contributed by atoms with E-state index in [1.165, 1.54) is 0 Å². The van der Waals surface area contributed by atoms with Crippen molar-refractivity contribution in [2.24, 2.45) is 17.9 Å². The Morgan fingerprint density at radius 3 is 2.32 bits per heavy atom. The number of hydrogen-bond donors (Lipinski definition) is 0. The second-order valence-corrected chi connectivity index (χ2v) is 7.08. The van der Waals surface area contributed by atoms with Gasteiger partial charge in [-0.05, 0) is 38.0 Å². The van der Waals surface area contributed by atoms with Gasteiger partial charge in [0.2, 0.25) is 0 Å². The van der Waals surface area contributed by atoms with E-state index < -0.39 is 0 Å². The van der Waals surface area contributed by atoms with Gasteiger partial charge in [-0.3, -0.25) is 4.68 Å². The Bertz CT molecular complexity index is 512. The van der Waals surface area contributed by atoms with Crippen LogP contribution in [0.4, 0.5) is 0 Å². The molecule has 0 amide bonds. The van der Waals surface area contributed by atoms with Crippen LogP contribution in [0.5, 0.6) is 0 Å². The van der Waals surface area contributed by atoms with E-state index in [4.69, 9.17) is 11.6 Å². The van der Waals surface area contributed by atoms with Gasteiger partial charge in [0.1, 0.15) is 0 Å². The summed E-state index contributed by atoms with van der Waals surface area (Å²) in [7, 11) is 1.91. The molecule has 1 aromatic rings. The summed E-state index contributed by atoms with van der Waals surface area (Å²) in [6, 6.07) is 2.57. The number of rotatable bonds is 2. The smallest absolute Gasteiger partial charge is 0.0847 e. The molecule has 1 fully saturated rings. The van der Waals surface area contributed by atoms with Crippen LogP contribution in [-0.2, 0) is 13.5 Å². The SMILES string of the molecule is Cc1nn(C)c(CC2(C#N)CCC(C)(C)CC2)c1Cl. The van der Waals surface area contributed by atoms with Gasteiger partial charge in [-0.1, -0.05) is 25.4 Å². The van der Waals surface area contributed by atoms with Gasteiger partial charge in [-0.15, -0.1) is 0 Å². The van der Waals surface area contributed by atoms with Crippen LogP contribution in [0.25, 0.3) is 0 Å². The van der Waals surface area contributed by atoms with Crippen molar-refractivity contribution < 1.29 is 0 Å². The molecule has 0 atom stereocenters. The standard InChI is InChI=1S/C15H22ClN3/c1-11-13(16)12(19(4)18-11)9-15(10-17)7-5-14(2,3)6-8-15/h5-9H2,1-4H3. The molecule has 1 aromatic heterocycles. The topological polar surface area (TPSA) is 41.6 Å². The van der Waals surface area contributed by atoms with Crippen LogP contribution in [0.1, 0.15) is 50.9 Å². The fraction of sp³-hybridized carbons (Fsp3) is 0.733. The molecule has 1 aliphatic carbocycles. The number of nitriles is 1. The highest BCUT2D eigenvalue weighted by molar-refractivity contribution is 6.31. The van der Waals surface area contributed by atoms with Crippen molar-refractivity contribution in [1.82, 2.24) is 9.78 Å². The van der Waals surface area contributed by atoms with Gasteiger partial charge >= 0.3 is 0 Å². The fourth-order valence-electron chi connectivity index (χ4n) is 2.93. The molecule has 0 N–H and O–H groups in total. The van der Waals surface area contributed by atoms with Crippen molar-refractivity contribution in [3.63, 3.8) is 0 Å². The van der Waals surface area contributed by atoms with Crippen molar-refractivity contribution in [1.29, 1.82) is 5.26 Å². The first-order valence-corrected chi connectivity index (χ1v) is 7.26. The van der Waals surface area contributed by atoms with Gasteiger partial charge in [0.25, 0.3) is 0 Å². The molecule has 19 heavy (non-hydrogen) atoms. The highest BCUT2D eigenvalue weighted by Gasteiger charge is 2.39. The quantitative estimate of drug-likeness (QED) is 0.820. The molecule has 0 unspecified atom stereocenters. The zero-order valence-electron chi connectivity index (χ0n) is 12.3. The number of nitrogens with zero attached hydrogens (tertiary/aromatic N) is 3. The molecule has 0 bridgehead atoms. The first kappa shape index (κ1) is 14.4. The third kappa shape index (κ3) is 2.79. The van der Waals surface area contributed by atoms with E-state index in [2.05, 4.69) is 25.0 Å². The third-order valence-electron chi connectivity index (χ3n) is 4.57. The van der Waals surface area contributed by atoms with Crippen LogP contribution in [0, 0.1) is 29.1 Å². The summed E-state index contributed by atoms with van der Waals surface area (Å²) in [6.45, 7) is 6.49. The second-order valence-electron chi connectivity index (χ2n) is 6.70. The summed E-state index contributed by atoms with van der Waals surface area (Å²) in [4.78, 5) is 0. The number of aromatic nitrogens is 2. The lowest BCUT2D eigenvalue weighted by Gasteiger charge is -2.39. The number of aryl methyl sites for hydroxylation is 2. The summed E-state index contributed by atoms with van der Waals surface area (Å²) < 4.78 is 1.83. The van der Waals surface area contributed by atoms with Crippen molar-refractivity contribution in [2.45, 2.75) is 52.9 Å². The zero-order valence-corrected chi connectivity index (χ0v) is 13.0. The summed E-state index contributed by atoms with van der Waals surface area (Å²) in [5, 5.41) is 14.7. The van der Waals surface area contributed by atoms with Crippen LogP contribution in [0.15, 0.2) is 0 Å². The molecule has 0 aliphatic heterocycles. The lowest BCUT2D eigenvalue weighted by Crippen LogP contribution is -2.32. The zero-order chi connectivity index (χ0) is 14.3. The van der Waals surface area contributed by atoms with Crippen molar-refractivity contribution in [2.75, 3.05) is 0 Å². The maximum Gasteiger partial charge on any atom is 0.0847 e. The summed E-state index contributed by atoms with van der Waals surface area (Å²) >= 11 is 6.32. The molecule has 1 heterocycles. The molecule has 2 rings (SSSR count). The Morgan fingerprint density at radius 2 is 1.89 bits per heavy atom. The minimum Gasteiger partial charge on any atom is -0.271 e. The normalized spacial score (nSPS) is 21.1. The van der Waals surface area contributed by atoms with Crippen LogP contribution in [0.2, 0.25) is 5.02 Å². The minimum absolute atomic E-state index is 0.264. The Hall–Kier alpha value is -1.01. The average Bonchev–Trinajstić information content (AvgIpc) is 2.59. The van der Waals surface area contributed by atoms with Gasteiger partial charge < -0.3 is 0 Å². The molecule has 3 nitrogen and oxygen atoms in total. The first-order chi connectivity index (χ1) is 8.79. The largest absolute Gasteiger partial charge is 0.271 e. The van der Waals surface area contributed by atoms with E-state index in [0.29, 0.717) is 5.41 Å². The van der Waals surface area contributed by atoms with Gasteiger partial charge in [0.05, 0.1) is 27.9 Å². The average molecular weight is 280 g/mol. The maximum absolute atomic E-state index is 9.64. The minimum atomic E-state index is -0.264. The predicted molar refractivity (Wildman–Crippen MR) is 77.0 cm³/mol. The van der Waals surface area contributed by atoms with E-state index in [9.17, 15) is 5.26 Å². The van der Waals surface area contributed by atoms with Crippen LogP contribution >= 0.6 is 11.6 Å². The molecule has 4 heteroatoms.